The number of carbonyl (C=O) groups excluding carboxylic acids is 1. The molecule has 0 fully saturated rings. The van der Waals surface area contributed by atoms with Gasteiger partial charge in [0.15, 0.2) is 6.04 Å². The maximum atomic E-state index is 10.7. The highest BCUT2D eigenvalue weighted by Gasteiger charge is 2.15. The van der Waals surface area contributed by atoms with E-state index in [9.17, 15) is 4.79 Å². The lowest BCUT2D eigenvalue weighted by Gasteiger charge is -2.03. The van der Waals surface area contributed by atoms with Gasteiger partial charge in [-0.25, -0.2) is 4.79 Å². The van der Waals surface area contributed by atoms with E-state index < -0.39 is 0 Å². The van der Waals surface area contributed by atoms with Gasteiger partial charge in [-0.3, -0.25) is 0 Å². The summed E-state index contributed by atoms with van der Waals surface area (Å²) in [4.78, 5) is 10.7. The zero-order chi connectivity index (χ0) is 7.98. The summed E-state index contributed by atoms with van der Waals surface area (Å²) in [5.74, 6) is 0.748. The molecule has 68 valence electrons. The number of thioether (sulfide) groups is 1. The van der Waals surface area contributed by atoms with Crippen LogP contribution in [0.15, 0.2) is 0 Å². The van der Waals surface area contributed by atoms with Crippen molar-refractivity contribution in [3.63, 3.8) is 0 Å². The number of quaternary nitrogens is 1. The number of hydrogen-bond donors (Lipinski definition) is 1. The highest BCUT2D eigenvalue weighted by Crippen LogP contribution is 1.97. The monoisotopic (exact) mass is 199 g/mol. The Morgan fingerprint density at radius 3 is 2.64 bits per heavy atom. The molecular weight excluding hydrogens is 186 g/mol. The van der Waals surface area contributed by atoms with Crippen LogP contribution < -0.4 is 18.1 Å². The van der Waals surface area contributed by atoms with Crippen molar-refractivity contribution in [3.05, 3.63) is 0 Å². The molecule has 0 aliphatic carbocycles. The van der Waals surface area contributed by atoms with Gasteiger partial charge in [-0.05, 0) is 12.0 Å². The van der Waals surface area contributed by atoms with Gasteiger partial charge < -0.3 is 22.9 Å². The summed E-state index contributed by atoms with van der Waals surface area (Å²) >= 11 is 1.71. The number of esters is 1. The van der Waals surface area contributed by atoms with Crippen LogP contribution >= 0.6 is 11.8 Å². The van der Waals surface area contributed by atoms with Gasteiger partial charge in [0.25, 0.3) is 0 Å². The van der Waals surface area contributed by atoms with E-state index in [-0.39, 0.29) is 24.4 Å². The summed E-state index contributed by atoms with van der Waals surface area (Å²) in [5, 5.41) is 0. The van der Waals surface area contributed by atoms with Crippen LogP contribution in [-0.4, -0.2) is 31.1 Å². The molecule has 3 N–H and O–H groups in total. The molecule has 1 atom stereocenters. The van der Waals surface area contributed by atoms with Gasteiger partial charge in [0.2, 0.25) is 0 Å². The summed E-state index contributed by atoms with van der Waals surface area (Å²) < 4.78 is 4.50. The van der Waals surface area contributed by atoms with Crippen molar-refractivity contribution in [1.82, 2.24) is 0 Å². The van der Waals surface area contributed by atoms with Gasteiger partial charge >= 0.3 is 5.97 Å². The predicted octanol–water partition coefficient (Wildman–Crippen LogP) is -3.47. The molecule has 0 saturated carbocycles. The van der Waals surface area contributed by atoms with Crippen LogP contribution in [-0.2, 0) is 9.53 Å². The molecule has 0 amide bonds. The molecule has 0 aliphatic heterocycles. The predicted molar refractivity (Wildman–Crippen MR) is 41.7 cm³/mol. The third-order valence-electron chi connectivity index (χ3n) is 1.20. The largest absolute Gasteiger partial charge is 1.00 e. The van der Waals surface area contributed by atoms with Gasteiger partial charge in [0.05, 0.1) is 7.11 Å². The second kappa shape index (κ2) is 8.17. The standard InChI is InChI=1S/C6H13NO2S.ClH/c1-9-6(8)5(7)3-4-10-2;/h5H,3-4,7H2,1-2H3;1H/t5-;/m0./s1. The number of rotatable bonds is 4. The number of methoxy groups -OCH3 is 1. The summed E-state index contributed by atoms with van der Waals surface area (Å²) in [6.45, 7) is 0. The molecule has 0 radical (unpaired) electrons. The molecule has 0 unspecified atom stereocenters. The third-order valence-corrected chi connectivity index (χ3v) is 1.85. The second-order valence-electron chi connectivity index (χ2n) is 2.00. The Labute approximate surface area is 77.5 Å². The van der Waals surface area contributed by atoms with Gasteiger partial charge in [0, 0.05) is 6.42 Å². The maximum Gasteiger partial charge on any atom is 0.364 e. The normalized spacial score (nSPS) is 11.5. The Morgan fingerprint density at radius 1 is 1.73 bits per heavy atom. The summed E-state index contributed by atoms with van der Waals surface area (Å²) in [7, 11) is 1.39. The molecule has 0 aliphatic rings. The summed E-state index contributed by atoms with van der Waals surface area (Å²) in [6.07, 6.45) is 2.80. The van der Waals surface area contributed by atoms with Crippen molar-refractivity contribution in [1.29, 1.82) is 0 Å². The van der Waals surface area contributed by atoms with Crippen molar-refractivity contribution in [2.45, 2.75) is 12.5 Å². The molecule has 11 heavy (non-hydrogen) atoms. The highest BCUT2D eigenvalue weighted by atomic mass is 35.5. The van der Waals surface area contributed by atoms with E-state index in [2.05, 4.69) is 10.5 Å². The van der Waals surface area contributed by atoms with Crippen LogP contribution in [0.5, 0.6) is 0 Å². The number of halogens is 1. The first-order valence-corrected chi connectivity index (χ1v) is 4.51. The molecule has 0 spiro atoms. The minimum absolute atomic E-state index is 0. The minimum Gasteiger partial charge on any atom is -1.00 e. The Hall–Kier alpha value is 0.0700. The first-order chi connectivity index (χ1) is 4.72. The maximum absolute atomic E-state index is 10.7. The van der Waals surface area contributed by atoms with E-state index in [0.29, 0.717) is 0 Å². The van der Waals surface area contributed by atoms with Gasteiger partial charge in [-0.1, -0.05) is 0 Å². The van der Waals surface area contributed by atoms with E-state index in [1.807, 2.05) is 6.26 Å². The molecule has 0 aromatic carbocycles. The quantitative estimate of drug-likeness (QED) is 0.479. The van der Waals surface area contributed by atoms with Crippen molar-refractivity contribution in [3.8, 4) is 0 Å². The fraction of sp³-hybridized carbons (Fsp3) is 0.833. The number of hydrogen-bond acceptors (Lipinski definition) is 3. The highest BCUT2D eigenvalue weighted by molar-refractivity contribution is 7.98. The fourth-order valence-electron chi connectivity index (χ4n) is 0.545. The average Bonchev–Trinajstić information content (AvgIpc) is 1.98. The van der Waals surface area contributed by atoms with E-state index in [1.54, 1.807) is 11.8 Å². The van der Waals surface area contributed by atoms with Crippen LogP contribution in [0.3, 0.4) is 0 Å². The minimum atomic E-state index is -0.214. The van der Waals surface area contributed by atoms with Crippen LogP contribution in [0.25, 0.3) is 0 Å². The molecule has 0 aromatic heterocycles. The van der Waals surface area contributed by atoms with Crippen LogP contribution in [0.1, 0.15) is 6.42 Å². The van der Waals surface area contributed by atoms with Gasteiger partial charge in [-0.15, -0.1) is 0 Å². The Morgan fingerprint density at radius 2 is 2.27 bits per heavy atom. The Bertz CT molecular complexity index is 113. The second-order valence-corrected chi connectivity index (χ2v) is 2.99. The fourth-order valence-corrected chi connectivity index (χ4v) is 1.06. The molecule has 0 bridgehead atoms. The molecule has 0 rings (SSSR count). The third kappa shape index (κ3) is 6.47. The van der Waals surface area contributed by atoms with E-state index >= 15 is 0 Å². The molecule has 3 nitrogen and oxygen atoms in total. The number of ether oxygens (including phenoxy) is 1. The van der Waals surface area contributed by atoms with E-state index in [4.69, 9.17) is 0 Å². The molecule has 0 aromatic rings. The molecule has 0 saturated heterocycles. The summed E-state index contributed by atoms with van der Waals surface area (Å²) in [5.41, 5.74) is 3.66. The first-order valence-electron chi connectivity index (χ1n) is 3.12. The Kier molecular flexibility index (Phi) is 10.1. The average molecular weight is 200 g/mol. The Balaban J connectivity index is 0. The van der Waals surface area contributed by atoms with Crippen LogP contribution in [0.2, 0.25) is 0 Å². The van der Waals surface area contributed by atoms with E-state index in [0.717, 1.165) is 12.2 Å². The molecule has 0 heterocycles. The lowest BCUT2D eigenvalue weighted by atomic mass is 10.2. The zero-order valence-electron chi connectivity index (χ0n) is 6.80. The van der Waals surface area contributed by atoms with Crippen LogP contribution in [0, 0.1) is 0 Å². The SMILES string of the molecule is COC(=O)[C@@H]([NH3+])CCSC.[Cl-]. The van der Waals surface area contributed by atoms with E-state index in [1.165, 1.54) is 7.11 Å². The topological polar surface area (TPSA) is 53.9 Å². The van der Waals surface area contributed by atoms with Crippen LogP contribution in [0.4, 0.5) is 0 Å². The van der Waals surface area contributed by atoms with Crippen molar-refractivity contribution in [2.75, 3.05) is 19.1 Å². The van der Waals surface area contributed by atoms with Gasteiger partial charge in [0.1, 0.15) is 0 Å². The van der Waals surface area contributed by atoms with Crippen molar-refractivity contribution < 1.29 is 27.7 Å². The van der Waals surface area contributed by atoms with Crippen molar-refractivity contribution >= 4 is 17.7 Å². The number of carbonyl (C=O) groups is 1. The smallest absolute Gasteiger partial charge is 0.364 e. The van der Waals surface area contributed by atoms with Crippen molar-refractivity contribution in [2.24, 2.45) is 0 Å². The first kappa shape index (κ1) is 13.6. The molecule has 5 heteroatoms. The lowest BCUT2D eigenvalue weighted by molar-refractivity contribution is -0.408. The zero-order valence-corrected chi connectivity index (χ0v) is 8.37. The lowest BCUT2D eigenvalue weighted by Crippen LogP contribution is -3.00. The molecular formula is C6H14ClNO2S. The summed E-state index contributed by atoms with van der Waals surface area (Å²) in [6, 6.07) is -0.197. The van der Waals surface area contributed by atoms with Gasteiger partial charge in [-0.2, -0.15) is 11.8 Å².